The number of nitrogens with two attached hydrogens (primary N) is 2. The first-order chi connectivity index (χ1) is 9.09. The molecule has 2 unspecified atom stereocenters. The third kappa shape index (κ3) is 2.05. The Kier molecular flexibility index (Phi) is 2.88. The molecule has 0 aromatic carbocycles. The third-order valence-electron chi connectivity index (χ3n) is 3.76. The summed E-state index contributed by atoms with van der Waals surface area (Å²) in [6.07, 6.45) is 8.53. The van der Waals surface area contributed by atoms with Crippen molar-refractivity contribution in [3.05, 3.63) is 48.2 Å². The first-order valence-corrected chi connectivity index (χ1v) is 6.35. The molecule has 0 saturated carbocycles. The van der Waals surface area contributed by atoms with Crippen LogP contribution in [0.5, 0.6) is 0 Å². The van der Waals surface area contributed by atoms with E-state index >= 15 is 0 Å². The molecule has 1 aliphatic heterocycles. The molecule has 100 valence electrons. The van der Waals surface area contributed by atoms with Crippen LogP contribution in [-0.4, -0.2) is 30.3 Å². The molecule has 1 aliphatic carbocycles. The van der Waals surface area contributed by atoms with E-state index in [-0.39, 0.29) is 6.04 Å². The van der Waals surface area contributed by atoms with Gasteiger partial charge in [0.25, 0.3) is 0 Å². The van der Waals surface area contributed by atoms with Crippen LogP contribution in [0.25, 0.3) is 0 Å². The number of hydrogen-bond donors (Lipinski definition) is 2. The smallest absolute Gasteiger partial charge is 0.135 e. The molecule has 0 bridgehead atoms. The van der Waals surface area contributed by atoms with Gasteiger partial charge in [-0.25, -0.2) is 9.37 Å². The normalized spacial score (nSPS) is 30.5. The fraction of sp³-hybridized carbons (Fsp3) is 0.357. The van der Waals surface area contributed by atoms with E-state index in [0.29, 0.717) is 13.1 Å². The topological polar surface area (TPSA) is 68.2 Å². The minimum absolute atomic E-state index is 0.274. The number of allylic oxidation sites excluding steroid dienone is 2. The molecule has 1 aromatic rings. The van der Waals surface area contributed by atoms with Gasteiger partial charge in [-0.2, -0.15) is 0 Å². The van der Waals surface area contributed by atoms with Gasteiger partial charge in [0, 0.05) is 12.2 Å². The third-order valence-corrected chi connectivity index (χ3v) is 3.76. The second kappa shape index (κ2) is 4.43. The van der Waals surface area contributed by atoms with Gasteiger partial charge in [-0.3, -0.25) is 0 Å². The maximum atomic E-state index is 12.8. The highest BCUT2D eigenvalue weighted by atomic mass is 19.1. The lowest BCUT2D eigenvalue weighted by Crippen LogP contribution is -2.51. The Balaban J connectivity index is 1.82. The van der Waals surface area contributed by atoms with Gasteiger partial charge in [-0.15, -0.1) is 0 Å². The van der Waals surface area contributed by atoms with Crippen molar-refractivity contribution in [2.24, 2.45) is 11.5 Å². The molecule has 2 heterocycles. The summed E-state index contributed by atoms with van der Waals surface area (Å²) in [6, 6.07) is 3.51. The lowest BCUT2D eigenvalue weighted by atomic mass is 9.82. The SMILES string of the molecule is NC1C=CC=CC1(N)c1ccc(N2CC(F)C2)nc1. The van der Waals surface area contributed by atoms with E-state index < -0.39 is 11.7 Å². The molecule has 2 atom stereocenters. The highest BCUT2D eigenvalue weighted by Gasteiger charge is 2.33. The van der Waals surface area contributed by atoms with Gasteiger partial charge in [0.2, 0.25) is 0 Å². The van der Waals surface area contributed by atoms with Crippen molar-refractivity contribution in [3.8, 4) is 0 Å². The highest BCUT2D eigenvalue weighted by molar-refractivity contribution is 5.46. The Labute approximate surface area is 111 Å². The van der Waals surface area contributed by atoms with Crippen LogP contribution < -0.4 is 16.4 Å². The van der Waals surface area contributed by atoms with E-state index in [1.165, 1.54) is 0 Å². The Hall–Kier alpha value is -1.72. The maximum Gasteiger partial charge on any atom is 0.135 e. The Morgan fingerprint density at radius 1 is 1.32 bits per heavy atom. The predicted molar refractivity (Wildman–Crippen MR) is 73.5 cm³/mol. The van der Waals surface area contributed by atoms with E-state index in [1.54, 1.807) is 6.20 Å². The van der Waals surface area contributed by atoms with Crippen molar-refractivity contribution in [1.82, 2.24) is 4.98 Å². The average Bonchev–Trinajstić information content (AvgIpc) is 2.39. The number of hydrogen-bond acceptors (Lipinski definition) is 4. The molecule has 5 heteroatoms. The quantitative estimate of drug-likeness (QED) is 0.827. The number of halogens is 1. The van der Waals surface area contributed by atoms with Gasteiger partial charge < -0.3 is 16.4 Å². The molecule has 0 amide bonds. The summed E-state index contributed by atoms with van der Waals surface area (Å²) >= 11 is 0. The van der Waals surface area contributed by atoms with Crippen molar-refractivity contribution in [3.63, 3.8) is 0 Å². The summed E-state index contributed by atoms with van der Waals surface area (Å²) < 4.78 is 12.8. The molecular formula is C14H17FN4. The number of alkyl halides is 1. The number of anilines is 1. The van der Waals surface area contributed by atoms with Gasteiger partial charge >= 0.3 is 0 Å². The number of nitrogens with zero attached hydrogens (tertiary/aromatic N) is 2. The lowest BCUT2D eigenvalue weighted by molar-refractivity contribution is 0.273. The predicted octanol–water partition coefficient (Wildman–Crippen LogP) is 0.847. The summed E-state index contributed by atoms with van der Waals surface area (Å²) in [5, 5.41) is 0. The fourth-order valence-corrected chi connectivity index (χ4v) is 2.40. The van der Waals surface area contributed by atoms with Crippen LogP contribution in [0.2, 0.25) is 0 Å². The van der Waals surface area contributed by atoms with Gasteiger partial charge in [-0.05, 0) is 11.6 Å². The van der Waals surface area contributed by atoms with Crippen molar-refractivity contribution in [2.75, 3.05) is 18.0 Å². The molecule has 0 spiro atoms. The fourth-order valence-electron chi connectivity index (χ4n) is 2.40. The zero-order chi connectivity index (χ0) is 13.5. The Morgan fingerprint density at radius 2 is 2.11 bits per heavy atom. The second-order valence-electron chi connectivity index (χ2n) is 5.11. The molecule has 19 heavy (non-hydrogen) atoms. The number of pyridine rings is 1. The van der Waals surface area contributed by atoms with E-state index in [1.807, 2.05) is 41.3 Å². The van der Waals surface area contributed by atoms with Crippen LogP contribution >= 0.6 is 0 Å². The molecule has 4 N–H and O–H groups in total. The summed E-state index contributed by atoms with van der Waals surface area (Å²) in [7, 11) is 0. The summed E-state index contributed by atoms with van der Waals surface area (Å²) in [5.41, 5.74) is 12.5. The molecular weight excluding hydrogens is 243 g/mol. The van der Waals surface area contributed by atoms with Crippen LogP contribution in [0.1, 0.15) is 5.56 Å². The van der Waals surface area contributed by atoms with E-state index in [0.717, 1.165) is 11.4 Å². The van der Waals surface area contributed by atoms with Crippen molar-refractivity contribution in [1.29, 1.82) is 0 Å². The molecule has 1 aromatic heterocycles. The lowest BCUT2D eigenvalue weighted by Gasteiger charge is -2.36. The van der Waals surface area contributed by atoms with Crippen molar-refractivity contribution >= 4 is 5.82 Å². The highest BCUT2D eigenvalue weighted by Crippen LogP contribution is 2.28. The van der Waals surface area contributed by atoms with Crippen LogP contribution in [0, 0.1) is 0 Å². The molecule has 2 aliphatic rings. The van der Waals surface area contributed by atoms with Gasteiger partial charge in [0.15, 0.2) is 0 Å². The first-order valence-electron chi connectivity index (χ1n) is 6.35. The molecule has 1 saturated heterocycles. The van der Waals surface area contributed by atoms with Crippen molar-refractivity contribution < 1.29 is 4.39 Å². The monoisotopic (exact) mass is 260 g/mol. The summed E-state index contributed by atoms with van der Waals surface area (Å²) in [4.78, 5) is 6.25. The Morgan fingerprint density at radius 3 is 2.68 bits per heavy atom. The standard InChI is InChI=1S/C14H17FN4/c15-11-8-19(9-11)13-5-4-10(7-18-13)14(17)6-2-1-3-12(14)16/h1-7,11-12H,8-9,16-17H2. The second-order valence-corrected chi connectivity index (χ2v) is 5.11. The van der Waals surface area contributed by atoms with Gasteiger partial charge in [0.05, 0.1) is 18.6 Å². The molecule has 4 nitrogen and oxygen atoms in total. The van der Waals surface area contributed by atoms with Crippen LogP contribution in [0.4, 0.5) is 10.2 Å². The van der Waals surface area contributed by atoms with Gasteiger partial charge in [0.1, 0.15) is 12.0 Å². The molecule has 0 radical (unpaired) electrons. The first kappa shape index (κ1) is 12.3. The minimum atomic E-state index is -0.734. The van der Waals surface area contributed by atoms with E-state index in [4.69, 9.17) is 11.5 Å². The maximum absolute atomic E-state index is 12.8. The largest absolute Gasteiger partial charge is 0.351 e. The zero-order valence-electron chi connectivity index (χ0n) is 10.5. The van der Waals surface area contributed by atoms with Crippen molar-refractivity contribution in [2.45, 2.75) is 17.8 Å². The Bertz CT molecular complexity index is 519. The van der Waals surface area contributed by atoms with Crippen LogP contribution in [0.15, 0.2) is 42.6 Å². The molecule has 1 fully saturated rings. The minimum Gasteiger partial charge on any atom is -0.351 e. The summed E-state index contributed by atoms with van der Waals surface area (Å²) in [6.45, 7) is 0.838. The number of rotatable bonds is 2. The van der Waals surface area contributed by atoms with Crippen LogP contribution in [-0.2, 0) is 5.54 Å². The zero-order valence-corrected chi connectivity index (χ0v) is 10.5. The average molecular weight is 260 g/mol. The van der Waals surface area contributed by atoms with E-state index in [9.17, 15) is 4.39 Å². The number of aromatic nitrogens is 1. The molecule has 3 rings (SSSR count). The van der Waals surface area contributed by atoms with Crippen LogP contribution in [0.3, 0.4) is 0 Å². The van der Waals surface area contributed by atoms with E-state index in [2.05, 4.69) is 4.98 Å². The summed E-state index contributed by atoms with van der Waals surface area (Å²) in [5.74, 6) is 0.783. The van der Waals surface area contributed by atoms with Gasteiger partial charge in [-0.1, -0.05) is 30.4 Å².